The summed E-state index contributed by atoms with van der Waals surface area (Å²) in [5.74, 6) is -0.247. The number of quaternary nitrogens is 1. The van der Waals surface area contributed by atoms with Crippen LogP contribution in [0.4, 0.5) is 5.69 Å². The first kappa shape index (κ1) is 15.9. The summed E-state index contributed by atoms with van der Waals surface area (Å²) in [4.78, 5) is 26.0. The molecule has 0 unspecified atom stereocenters. The molecule has 0 spiro atoms. The molecule has 0 aliphatic carbocycles. The van der Waals surface area contributed by atoms with Gasteiger partial charge < -0.3 is 5.32 Å². The summed E-state index contributed by atoms with van der Waals surface area (Å²) < 4.78 is 0.923. The lowest BCUT2D eigenvalue weighted by molar-refractivity contribution is -0.674. The van der Waals surface area contributed by atoms with E-state index in [1.54, 1.807) is 12.1 Å². The van der Waals surface area contributed by atoms with Crippen molar-refractivity contribution in [3.8, 4) is 0 Å². The zero-order valence-electron chi connectivity index (χ0n) is 12.6. The summed E-state index contributed by atoms with van der Waals surface area (Å²) in [6.45, 7) is 0.794. The van der Waals surface area contributed by atoms with Crippen LogP contribution in [0, 0.1) is 0 Å². The van der Waals surface area contributed by atoms with Crippen LogP contribution < -0.4 is 10.2 Å². The second kappa shape index (κ2) is 7.06. The van der Waals surface area contributed by atoms with E-state index >= 15 is 0 Å². The third kappa shape index (κ3) is 3.68. The molecule has 23 heavy (non-hydrogen) atoms. The normalized spacial score (nSPS) is 17.8. The Morgan fingerprint density at radius 2 is 1.74 bits per heavy atom. The number of amides is 2. The van der Waals surface area contributed by atoms with E-state index in [1.807, 2.05) is 35.6 Å². The highest BCUT2D eigenvalue weighted by Crippen LogP contribution is 2.23. The molecule has 4 nitrogen and oxygen atoms in total. The van der Waals surface area contributed by atoms with Crippen molar-refractivity contribution in [2.45, 2.75) is 18.9 Å². The van der Waals surface area contributed by atoms with Gasteiger partial charge in [-0.05, 0) is 29.8 Å². The molecule has 1 aliphatic heterocycles. The van der Waals surface area contributed by atoms with Crippen molar-refractivity contribution in [1.82, 2.24) is 0 Å². The average Bonchev–Trinajstić information content (AvgIpc) is 2.84. The first-order valence-electron chi connectivity index (χ1n) is 7.65. The lowest BCUT2D eigenvalue weighted by Crippen LogP contribution is -2.92. The third-order valence-electron chi connectivity index (χ3n) is 3.99. The minimum atomic E-state index is -0.310. The third-order valence-corrected chi connectivity index (χ3v) is 4.52. The van der Waals surface area contributed by atoms with Crippen LogP contribution in [-0.4, -0.2) is 24.4 Å². The Balaban J connectivity index is 1.61. The first-order chi connectivity index (χ1) is 11.1. The van der Waals surface area contributed by atoms with Gasteiger partial charge in [-0.3, -0.25) is 9.59 Å². The van der Waals surface area contributed by atoms with Crippen LogP contribution in [0.25, 0.3) is 0 Å². The number of carbonyl (C=O) groups excluding carboxylic acids is 2. The van der Waals surface area contributed by atoms with Crippen LogP contribution in [0.5, 0.6) is 0 Å². The van der Waals surface area contributed by atoms with E-state index in [2.05, 4.69) is 28.1 Å². The number of rotatable bonds is 5. The number of nitrogens with zero attached hydrogens (tertiary/aromatic N) is 1. The van der Waals surface area contributed by atoms with Gasteiger partial charge in [0.25, 0.3) is 5.91 Å². The minimum Gasteiger partial charge on any atom is -0.335 e. The van der Waals surface area contributed by atoms with Crippen molar-refractivity contribution in [1.29, 1.82) is 0 Å². The molecule has 0 radical (unpaired) electrons. The Kier molecular flexibility index (Phi) is 4.88. The van der Waals surface area contributed by atoms with Crippen LogP contribution in [0.15, 0.2) is 59.1 Å². The van der Waals surface area contributed by atoms with Crippen molar-refractivity contribution in [2.75, 3.05) is 11.4 Å². The SMILES string of the molecule is O=C1C[C@H]([NH2+]CCc2ccccc2)C(=O)N1c1ccc(Br)cc1. The molecule has 0 aromatic heterocycles. The molecule has 3 rings (SSSR count). The topological polar surface area (TPSA) is 54.0 Å². The van der Waals surface area contributed by atoms with Gasteiger partial charge in [0.1, 0.15) is 0 Å². The number of carbonyl (C=O) groups is 2. The molecule has 0 bridgehead atoms. The van der Waals surface area contributed by atoms with Crippen molar-refractivity contribution in [2.24, 2.45) is 0 Å². The van der Waals surface area contributed by atoms with E-state index in [1.165, 1.54) is 10.5 Å². The predicted molar refractivity (Wildman–Crippen MR) is 92.0 cm³/mol. The largest absolute Gasteiger partial charge is 0.335 e. The maximum absolute atomic E-state index is 12.5. The predicted octanol–water partition coefficient (Wildman–Crippen LogP) is 1.89. The van der Waals surface area contributed by atoms with Gasteiger partial charge in [-0.2, -0.15) is 0 Å². The van der Waals surface area contributed by atoms with Crippen molar-refractivity contribution < 1.29 is 14.9 Å². The number of hydrogen-bond acceptors (Lipinski definition) is 2. The van der Waals surface area contributed by atoms with Gasteiger partial charge >= 0.3 is 0 Å². The Morgan fingerprint density at radius 3 is 2.43 bits per heavy atom. The highest BCUT2D eigenvalue weighted by atomic mass is 79.9. The second-order valence-electron chi connectivity index (χ2n) is 5.61. The molecule has 2 N–H and O–H groups in total. The van der Waals surface area contributed by atoms with E-state index in [9.17, 15) is 9.59 Å². The molecular weight excluding hydrogens is 356 g/mol. The number of imide groups is 1. The molecular formula is C18H18BrN2O2+. The van der Waals surface area contributed by atoms with Crippen LogP contribution in [-0.2, 0) is 16.0 Å². The van der Waals surface area contributed by atoms with Gasteiger partial charge in [0.15, 0.2) is 6.04 Å². The van der Waals surface area contributed by atoms with Gasteiger partial charge in [-0.1, -0.05) is 46.3 Å². The standard InChI is InChI=1S/C18H17BrN2O2/c19-14-6-8-15(9-7-14)21-17(22)12-16(18(21)23)20-11-10-13-4-2-1-3-5-13/h1-9,16,20H,10-12H2/p+1/t16-/m0/s1. The molecule has 1 fully saturated rings. The average molecular weight is 374 g/mol. The summed E-state index contributed by atoms with van der Waals surface area (Å²) in [5.41, 5.74) is 1.88. The fraction of sp³-hybridized carbons (Fsp3) is 0.222. The molecule has 1 saturated heterocycles. The summed E-state index contributed by atoms with van der Waals surface area (Å²) in [7, 11) is 0. The highest BCUT2D eigenvalue weighted by molar-refractivity contribution is 9.10. The molecule has 2 aromatic rings. The molecule has 2 amide bonds. The van der Waals surface area contributed by atoms with Crippen LogP contribution >= 0.6 is 15.9 Å². The summed E-state index contributed by atoms with van der Waals surface area (Å²) in [5, 5.41) is 1.98. The zero-order valence-corrected chi connectivity index (χ0v) is 14.2. The number of anilines is 1. The van der Waals surface area contributed by atoms with Crippen molar-refractivity contribution >= 4 is 33.4 Å². The Hall–Kier alpha value is -1.98. The highest BCUT2D eigenvalue weighted by Gasteiger charge is 2.41. The molecule has 1 atom stereocenters. The first-order valence-corrected chi connectivity index (χ1v) is 8.44. The number of halogens is 1. The van der Waals surface area contributed by atoms with E-state index in [0.717, 1.165) is 17.4 Å². The maximum Gasteiger partial charge on any atom is 0.292 e. The lowest BCUT2D eigenvalue weighted by Gasteiger charge is -2.14. The van der Waals surface area contributed by atoms with Gasteiger partial charge in [-0.25, -0.2) is 4.90 Å². The monoisotopic (exact) mass is 373 g/mol. The summed E-state index contributed by atoms with van der Waals surface area (Å²) >= 11 is 3.36. The molecule has 2 aromatic carbocycles. The number of hydrogen-bond donors (Lipinski definition) is 1. The molecule has 0 saturated carbocycles. The quantitative estimate of drug-likeness (QED) is 0.813. The molecule has 1 aliphatic rings. The fourth-order valence-corrected chi connectivity index (χ4v) is 3.06. The smallest absolute Gasteiger partial charge is 0.292 e. The van der Waals surface area contributed by atoms with E-state index in [4.69, 9.17) is 0 Å². The van der Waals surface area contributed by atoms with Crippen LogP contribution in [0.3, 0.4) is 0 Å². The number of nitrogens with two attached hydrogens (primary N) is 1. The number of benzene rings is 2. The Bertz CT molecular complexity index is 701. The molecule has 118 valence electrons. The van der Waals surface area contributed by atoms with E-state index in [0.29, 0.717) is 5.69 Å². The Labute approximate surface area is 143 Å². The van der Waals surface area contributed by atoms with Gasteiger partial charge in [0.05, 0.1) is 18.7 Å². The van der Waals surface area contributed by atoms with Gasteiger partial charge in [0.2, 0.25) is 5.91 Å². The Morgan fingerprint density at radius 1 is 1.04 bits per heavy atom. The molecule has 5 heteroatoms. The summed E-state index contributed by atoms with van der Waals surface area (Å²) in [6, 6.07) is 17.1. The fourth-order valence-electron chi connectivity index (χ4n) is 2.80. The zero-order chi connectivity index (χ0) is 16.2. The lowest BCUT2D eigenvalue weighted by atomic mass is 10.1. The molecule has 1 heterocycles. The van der Waals surface area contributed by atoms with Crippen LogP contribution in [0.1, 0.15) is 12.0 Å². The maximum atomic E-state index is 12.5. The second-order valence-corrected chi connectivity index (χ2v) is 6.53. The minimum absolute atomic E-state index is 0.120. The van der Waals surface area contributed by atoms with Gasteiger partial charge in [-0.15, -0.1) is 0 Å². The van der Waals surface area contributed by atoms with E-state index < -0.39 is 0 Å². The van der Waals surface area contributed by atoms with Gasteiger partial charge in [0, 0.05) is 10.9 Å². The van der Waals surface area contributed by atoms with Crippen molar-refractivity contribution in [3.05, 3.63) is 64.6 Å². The van der Waals surface area contributed by atoms with Crippen LogP contribution in [0.2, 0.25) is 0 Å². The van der Waals surface area contributed by atoms with Crippen molar-refractivity contribution in [3.63, 3.8) is 0 Å². The summed E-state index contributed by atoms with van der Waals surface area (Å²) in [6.07, 6.45) is 1.15. The van der Waals surface area contributed by atoms with E-state index in [-0.39, 0.29) is 24.3 Å².